The van der Waals surface area contributed by atoms with Gasteiger partial charge in [-0.15, -0.1) is 11.3 Å². The Hall–Kier alpha value is -0.780. The molecule has 0 aliphatic rings. The van der Waals surface area contributed by atoms with Crippen molar-refractivity contribution in [2.75, 3.05) is 11.1 Å². The fraction of sp³-hybridized carbons (Fsp3) is 0.273. The summed E-state index contributed by atoms with van der Waals surface area (Å²) in [4.78, 5) is 15.5. The monoisotopic (exact) mass is 286 g/mol. The lowest BCUT2D eigenvalue weighted by atomic mass is 10.3. The Balaban J connectivity index is 2.44. The second-order valence-electron chi connectivity index (χ2n) is 3.39. The first-order valence-corrected chi connectivity index (χ1v) is 7.28. The molecule has 1 aromatic carbocycles. The Morgan fingerprint density at radius 3 is 3.00 bits per heavy atom. The average Bonchev–Trinajstić information content (AvgIpc) is 2.60. The first kappa shape index (κ1) is 12.7. The maximum atomic E-state index is 11.0. The zero-order valence-corrected chi connectivity index (χ0v) is 11.8. The van der Waals surface area contributed by atoms with Crippen LogP contribution in [0.3, 0.4) is 0 Å². The average molecular weight is 287 g/mol. The number of hydrogen-bond donors (Lipinski definition) is 1. The van der Waals surface area contributed by atoms with Crippen molar-refractivity contribution in [2.45, 2.75) is 18.2 Å². The van der Waals surface area contributed by atoms with E-state index >= 15 is 0 Å². The van der Waals surface area contributed by atoms with Crippen molar-refractivity contribution in [1.82, 2.24) is 4.98 Å². The molecular formula is C11H11ClN2OS2. The van der Waals surface area contributed by atoms with E-state index < -0.39 is 0 Å². The minimum Gasteiger partial charge on any atom is -0.325 e. The highest BCUT2D eigenvalue weighted by Crippen LogP contribution is 2.34. The molecular weight excluding hydrogens is 276 g/mol. The summed E-state index contributed by atoms with van der Waals surface area (Å²) in [7, 11) is 0. The molecule has 1 aromatic heterocycles. The van der Waals surface area contributed by atoms with Crippen LogP contribution >= 0.6 is 34.7 Å². The fourth-order valence-corrected chi connectivity index (χ4v) is 3.59. The molecule has 3 nitrogen and oxygen atoms in total. The summed E-state index contributed by atoms with van der Waals surface area (Å²) >= 11 is 9.39. The quantitative estimate of drug-likeness (QED) is 0.867. The van der Waals surface area contributed by atoms with Crippen LogP contribution in [-0.2, 0) is 4.79 Å². The summed E-state index contributed by atoms with van der Waals surface area (Å²) in [6.45, 7) is 3.55. The predicted molar refractivity (Wildman–Crippen MR) is 75.3 cm³/mol. The Kier molecular flexibility index (Phi) is 3.91. The third-order valence-corrected chi connectivity index (χ3v) is 4.39. The number of carbonyl (C=O) groups is 1. The number of nitrogens with one attached hydrogen (secondary N) is 1. The Labute approximate surface area is 113 Å². The van der Waals surface area contributed by atoms with Gasteiger partial charge in [0.05, 0.1) is 20.9 Å². The summed E-state index contributed by atoms with van der Waals surface area (Å²) in [5.41, 5.74) is 1.52. The summed E-state index contributed by atoms with van der Waals surface area (Å²) < 4.78 is 2.06. The van der Waals surface area contributed by atoms with Crippen molar-refractivity contribution in [3.8, 4) is 0 Å². The van der Waals surface area contributed by atoms with Gasteiger partial charge < -0.3 is 5.32 Å². The molecule has 1 amide bonds. The van der Waals surface area contributed by atoms with Gasteiger partial charge in [0.15, 0.2) is 4.34 Å². The molecule has 17 heavy (non-hydrogen) atoms. The molecule has 90 valence electrons. The highest BCUT2D eigenvalue weighted by molar-refractivity contribution is 8.01. The van der Waals surface area contributed by atoms with Crippen LogP contribution in [-0.4, -0.2) is 16.6 Å². The highest BCUT2D eigenvalue weighted by atomic mass is 35.5. The number of hydrogen-bond acceptors (Lipinski definition) is 4. The third-order valence-electron chi connectivity index (χ3n) is 2.04. The van der Waals surface area contributed by atoms with Crippen LogP contribution in [0.1, 0.15) is 13.8 Å². The summed E-state index contributed by atoms with van der Waals surface area (Å²) in [5, 5.41) is 3.23. The largest absolute Gasteiger partial charge is 0.325 e. The van der Waals surface area contributed by atoms with E-state index in [0.717, 1.165) is 20.3 Å². The molecule has 6 heteroatoms. The Morgan fingerprint density at radius 2 is 2.35 bits per heavy atom. The van der Waals surface area contributed by atoms with Crippen molar-refractivity contribution >= 4 is 56.5 Å². The van der Waals surface area contributed by atoms with E-state index in [-0.39, 0.29) is 5.91 Å². The topological polar surface area (TPSA) is 42.0 Å². The summed E-state index contributed by atoms with van der Waals surface area (Å²) in [6, 6.07) is 3.66. The number of halogens is 1. The minimum absolute atomic E-state index is 0.126. The van der Waals surface area contributed by atoms with E-state index in [9.17, 15) is 4.79 Å². The molecule has 2 rings (SSSR count). The van der Waals surface area contributed by atoms with Gasteiger partial charge in [0.2, 0.25) is 5.91 Å². The van der Waals surface area contributed by atoms with Crippen LogP contribution in [0.2, 0.25) is 5.02 Å². The Bertz CT molecular complexity index is 568. The molecule has 0 aliphatic heterocycles. The number of fused-ring (bicyclic) bond motifs is 1. The zero-order chi connectivity index (χ0) is 12.4. The molecule has 0 radical (unpaired) electrons. The van der Waals surface area contributed by atoms with E-state index in [1.165, 1.54) is 6.92 Å². The van der Waals surface area contributed by atoms with Crippen LogP contribution in [0, 0.1) is 0 Å². The highest BCUT2D eigenvalue weighted by Gasteiger charge is 2.09. The zero-order valence-electron chi connectivity index (χ0n) is 9.41. The Morgan fingerprint density at radius 1 is 1.59 bits per heavy atom. The molecule has 0 spiro atoms. The number of benzene rings is 1. The van der Waals surface area contributed by atoms with Gasteiger partial charge in [-0.05, 0) is 17.9 Å². The maximum Gasteiger partial charge on any atom is 0.221 e. The molecule has 1 N–H and O–H groups in total. The molecule has 0 fully saturated rings. The SMILES string of the molecule is CCSc1nc2cc(Cl)c(NC(C)=O)cc2s1. The van der Waals surface area contributed by atoms with Gasteiger partial charge in [0.25, 0.3) is 0 Å². The van der Waals surface area contributed by atoms with Gasteiger partial charge >= 0.3 is 0 Å². The van der Waals surface area contributed by atoms with Gasteiger partial charge in [-0.3, -0.25) is 4.79 Å². The number of rotatable bonds is 3. The van der Waals surface area contributed by atoms with E-state index in [1.807, 2.05) is 6.07 Å². The lowest BCUT2D eigenvalue weighted by Crippen LogP contribution is -2.05. The van der Waals surface area contributed by atoms with E-state index in [0.29, 0.717) is 10.7 Å². The number of carbonyl (C=O) groups excluding carboxylic acids is 1. The molecule has 0 aliphatic carbocycles. The van der Waals surface area contributed by atoms with Crippen LogP contribution in [0.5, 0.6) is 0 Å². The molecule has 1 heterocycles. The first-order chi connectivity index (χ1) is 8.10. The van der Waals surface area contributed by atoms with Crippen molar-refractivity contribution in [1.29, 1.82) is 0 Å². The third kappa shape index (κ3) is 2.91. The van der Waals surface area contributed by atoms with Crippen molar-refractivity contribution < 1.29 is 4.79 Å². The second-order valence-corrected chi connectivity index (χ2v) is 6.34. The van der Waals surface area contributed by atoms with Gasteiger partial charge in [0, 0.05) is 6.92 Å². The smallest absolute Gasteiger partial charge is 0.221 e. The predicted octanol–water partition coefficient (Wildman–Crippen LogP) is 4.02. The van der Waals surface area contributed by atoms with Gasteiger partial charge in [-0.1, -0.05) is 30.3 Å². The van der Waals surface area contributed by atoms with Gasteiger partial charge in [-0.2, -0.15) is 0 Å². The first-order valence-electron chi connectivity index (χ1n) is 5.10. The van der Waals surface area contributed by atoms with Crippen LogP contribution in [0.25, 0.3) is 10.2 Å². The molecule has 0 unspecified atom stereocenters. The number of thioether (sulfide) groups is 1. The molecule has 0 atom stereocenters. The standard InChI is InChI=1S/C11H11ClN2OS2/c1-3-16-11-14-9-4-7(12)8(13-6(2)15)5-10(9)17-11/h4-5H,3H2,1-2H3,(H,13,15). The molecule has 0 bridgehead atoms. The van der Waals surface area contributed by atoms with Crippen LogP contribution < -0.4 is 5.32 Å². The number of aromatic nitrogens is 1. The van der Waals surface area contributed by atoms with Gasteiger partial charge in [-0.25, -0.2) is 4.98 Å². The van der Waals surface area contributed by atoms with E-state index in [2.05, 4.69) is 17.2 Å². The van der Waals surface area contributed by atoms with Crippen LogP contribution in [0.15, 0.2) is 16.5 Å². The molecule has 0 saturated carbocycles. The lowest BCUT2D eigenvalue weighted by Gasteiger charge is -2.03. The van der Waals surface area contributed by atoms with Crippen molar-refractivity contribution in [3.05, 3.63) is 17.2 Å². The van der Waals surface area contributed by atoms with Crippen molar-refractivity contribution in [2.24, 2.45) is 0 Å². The molecule has 2 aromatic rings. The van der Waals surface area contributed by atoms with Crippen molar-refractivity contribution in [3.63, 3.8) is 0 Å². The number of amides is 1. The van der Waals surface area contributed by atoms with E-state index in [4.69, 9.17) is 11.6 Å². The molecule has 0 saturated heterocycles. The van der Waals surface area contributed by atoms with Gasteiger partial charge in [0.1, 0.15) is 0 Å². The summed E-state index contributed by atoms with van der Waals surface area (Å²) in [5.74, 6) is 0.866. The minimum atomic E-state index is -0.126. The van der Waals surface area contributed by atoms with E-state index in [1.54, 1.807) is 29.2 Å². The number of thiazole rings is 1. The normalized spacial score (nSPS) is 10.8. The number of nitrogens with zero attached hydrogens (tertiary/aromatic N) is 1. The second kappa shape index (κ2) is 5.25. The fourth-order valence-electron chi connectivity index (χ4n) is 1.40. The lowest BCUT2D eigenvalue weighted by molar-refractivity contribution is -0.114. The van der Waals surface area contributed by atoms with Crippen LogP contribution in [0.4, 0.5) is 5.69 Å². The summed E-state index contributed by atoms with van der Waals surface area (Å²) in [6.07, 6.45) is 0. The number of anilines is 1. The maximum absolute atomic E-state index is 11.0.